The minimum Gasteiger partial charge on any atom is -0.126 e. The van der Waals surface area contributed by atoms with Gasteiger partial charge in [-0.2, -0.15) is 0 Å². The first-order valence-electron chi connectivity index (χ1n) is 3.68. The molecule has 0 aromatic heterocycles. The van der Waals surface area contributed by atoms with Crippen molar-refractivity contribution in [1.82, 2.24) is 0 Å². The van der Waals surface area contributed by atoms with Crippen LogP contribution in [0.2, 0.25) is 0 Å². The summed E-state index contributed by atoms with van der Waals surface area (Å²) in [7, 11) is 5.65. The third-order valence-corrected chi connectivity index (χ3v) is 2.77. The highest BCUT2D eigenvalue weighted by Crippen LogP contribution is 2.34. The molecule has 1 heterocycles. The molecule has 1 saturated heterocycles. The molecule has 56 valence electrons. The van der Waals surface area contributed by atoms with E-state index in [1.54, 1.807) is 0 Å². The van der Waals surface area contributed by atoms with Gasteiger partial charge in [-0.05, 0) is 18.9 Å². The zero-order chi connectivity index (χ0) is 8.27. The van der Waals surface area contributed by atoms with Crippen LogP contribution in [0.25, 0.3) is 0 Å². The maximum Gasteiger partial charge on any atom is 0.113 e. The number of allylic oxidation sites excluding steroid dienone is 4. The predicted octanol–water partition coefficient (Wildman–Crippen LogP) is 2.64. The number of rotatable bonds is 1. The van der Waals surface area contributed by atoms with Gasteiger partial charge in [0, 0.05) is 10.7 Å². The molecule has 1 rings (SSSR count). The van der Waals surface area contributed by atoms with Gasteiger partial charge in [0.2, 0.25) is 0 Å². The van der Waals surface area contributed by atoms with Gasteiger partial charge in [0.15, 0.2) is 0 Å². The topological polar surface area (TPSA) is 0 Å². The van der Waals surface area contributed by atoms with Crippen LogP contribution in [0.4, 0.5) is 0 Å². The molecule has 2 heteroatoms. The van der Waals surface area contributed by atoms with E-state index in [1.165, 1.54) is 10.5 Å². The van der Waals surface area contributed by atoms with Crippen molar-refractivity contribution >= 4 is 19.6 Å². The number of hydrogen-bond acceptors (Lipinski definition) is 1. The monoisotopic (exact) mass is 162 g/mol. The van der Waals surface area contributed by atoms with Gasteiger partial charge in [0.1, 0.15) is 7.85 Å². The molecule has 1 fully saturated rings. The Kier molecular flexibility index (Phi) is 3.07. The SMILES string of the molecule is [B]C(=C/C)/C=C1/SCCC1=C. The van der Waals surface area contributed by atoms with E-state index in [0.29, 0.717) is 0 Å². The molecule has 0 aromatic rings. The quantitative estimate of drug-likeness (QED) is 0.534. The largest absolute Gasteiger partial charge is 0.126 e. The molecule has 0 unspecified atom stereocenters. The van der Waals surface area contributed by atoms with Gasteiger partial charge in [0.25, 0.3) is 0 Å². The summed E-state index contributed by atoms with van der Waals surface area (Å²) in [4.78, 5) is 1.25. The van der Waals surface area contributed by atoms with E-state index < -0.39 is 0 Å². The predicted molar refractivity (Wildman–Crippen MR) is 53.8 cm³/mol. The fourth-order valence-electron chi connectivity index (χ4n) is 0.888. The van der Waals surface area contributed by atoms with Gasteiger partial charge in [-0.25, -0.2) is 0 Å². The van der Waals surface area contributed by atoms with Crippen LogP contribution >= 0.6 is 11.8 Å². The summed E-state index contributed by atoms with van der Waals surface area (Å²) in [5.41, 5.74) is 2.05. The Hall–Kier alpha value is -0.365. The smallest absolute Gasteiger partial charge is 0.113 e. The summed E-state index contributed by atoms with van der Waals surface area (Å²) in [6.45, 7) is 5.89. The Balaban J connectivity index is 2.73. The van der Waals surface area contributed by atoms with Crippen LogP contribution in [0.5, 0.6) is 0 Å². The van der Waals surface area contributed by atoms with Crippen LogP contribution in [-0.2, 0) is 0 Å². The van der Waals surface area contributed by atoms with Crippen molar-refractivity contribution in [2.45, 2.75) is 13.3 Å². The van der Waals surface area contributed by atoms with E-state index in [2.05, 4.69) is 6.58 Å². The minimum absolute atomic E-state index is 0.829. The number of hydrogen-bond donors (Lipinski definition) is 0. The molecule has 0 aromatic carbocycles. The lowest BCUT2D eigenvalue weighted by molar-refractivity contribution is 1.21. The molecule has 0 spiro atoms. The molecule has 2 radical (unpaired) electrons. The van der Waals surface area contributed by atoms with Crippen molar-refractivity contribution in [3.05, 3.63) is 34.7 Å². The van der Waals surface area contributed by atoms with Gasteiger partial charge in [-0.3, -0.25) is 0 Å². The van der Waals surface area contributed by atoms with Crippen LogP contribution in [0, 0.1) is 0 Å². The van der Waals surface area contributed by atoms with Crippen molar-refractivity contribution in [2.24, 2.45) is 0 Å². The average molecular weight is 162 g/mol. The van der Waals surface area contributed by atoms with Gasteiger partial charge >= 0.3 is 0 Å². The van der Waals surface area contributed by atoms with Crippen LogP contribution < -0.4 is 0 Å². The lowest BCUT2D eigenvalue weighted by atomic mass is 9.94. The Morgan fingerprint density at radius 2 is 2.45 bits per heavy atom. The summed E-state index contributed by atoms with van der Waals surface area (Å²) in [6, 6.07) is 0. The van der Waals surface area contributed by atoms with Gasteiger partial charge < -0.3 is 0 Å². The average Bonchev–Trinajstić information content (AvgIpc) is 2.37. The summed E-state index contributed by atoms with van der Waals surface area (Å²) >= 11 is 1.83. The molecule has 0 N–H and O–H groups in total. The van der Waals surface area contributed by atoms with Gasteiger partial charge in [0.05, 0.1) is 0 Å². The second kappa shape index (κ2) is 3.86. The zero-order valence-electron chi connectivity index (χ0n) is 6.76. The molecule has 1 aliphatic heterocycles. The summed E-state index contributed by atoms with van der Waals surface area (Å²) in [5.74, 6) is 1.15. The molecular weight excluding hydrogens is 151 g/mol. The maximum absolute atomic E-state index is 5.65. The van der Waals surface area contributed by atoms with E-state index in [-0.39, 0.29) is 0 Å². The van der Waals surface area contributed by atoms with Crippen molar-refractivity contribution in [3.8, 4) is 0 Å². The summed E-state index contributed by atoms with van der Waals surface area (Å²) in [6.07, 6.45) is 5.01. The first-order valence-corrected chi connectivity index (χ1v) is 4.67. The van der Waals surface area contributed by atoms with Crippen LogP contribution in [0.3, 0.4) is 0 Å². The Labute approximate surface area is 73.9 Å². The second-order valence-corrected chi connectivity index (χ2v) is 3.64. The summed E-state index contributed by atoms with van der Waals surface area (Å²) < 4.78 is 0. The molecule has 0 saturated carbocycles. The van der Waals surface area contributed by atoms with Crippen LogP contribution in [0.1, 0.15) is 13.3 Å². The third-order valence-electron chi connectivity index (χ3n) is 1.64. The highest BCUT2D eigenvalue weighted by atomic mass is 32.2. The highest BCUT2D eigenvalue weighted by molar-refractivity contribution is 8.03. The lowest BCUT2D eigenvalue weighted by Gasteiger charge is -1.96. The van der Waals surface area contributed by atoms with Crippen LogP contribution in [-0.4, -0.2) is 13.6 Å². The molecule has 11 heavy (non-hydrogen) atoms. The first kappa shape index (κ1) is 8.73. The lowest BCUT2D eigenvalue weighted by Crippen LogP contribution is -1.78. The Morgan fingerprint density at radius 1 is 1.73 bits per heavy atom. The van der Waals surface area contributed by atoms with Crippen molar-refractivity contribution in [2.75, 3.05) is 5.75 Å². The Bertz CT molecular complexity index is 226. The number of thioether (sulfide) groups is 1. The normalized spacial score (nSPS) is 23.2. The molecule has 0 amide bonds. The standard InChI is InChI=1S/C9H11BS/c1-3-8(10)6-9-7(2)4-5-11-9/h3,6H,2,4-5H2,1H3/b8-3+,9-6+. The summed E-state index contributed by atoms with van der Waals surface area (Å²) in [5, 5.41) is 0. The fraction of sp³-hybridized carbons (Fsp3) is 0.333. The van der Waals surface area contributed by atoms with Crippen molar-refractivity contribution in [1.29, 1.82) is 0 Å². The molecule has 0 nitrogen and oxygen atoms in total. The van der Waals surface area contributed by atoms with Gasteiger partial charge in [-0.1, -0.05) is 24.2 Å². The third kappa shape index (κ3) is 2.30. The van der Waals surface area contributed by atoms with Crippen molar-refractivity contribution in [3.63, 3.8) is 0 Å². The van der Waals surface area contributed by atoms with E-state index in [0.717, 1.165) is 17.6 Å². The van der Waals surface area contributed by atoms with Crippen LogP contribution in [0.15, 0.2) is 34.7 Å². The van der Waals surface area contributed by atoms with E-state index in [9.17, 15) is 0 Å². The first-order chi connectivity index (χ1) is 5.24. The minimum atomic E-state index is 0.829. The molecular formula is C9H11BS. The maximum atomic E-state index is 5.65. The van der Waals surface area contributed by atoms with E-state index >= 15 is 0 Å². The van der Waals surface area contributed by atoms with Crippen molar-refractivity contribution < 1.29 is 0 Å². The second-order valence-electron chi connectivity index (χ2n) is 2.50. The van der Waals surface area contributed by atoms with Gasteiger partial charge in [-0.15, -0.1) is 11.8 Å². The molecule has 0 atom stereocenters. The van der Waals surface area contributed by atoms with E-state index in [1.807, 2.05) is 30.8 Å². The molecule has 1 aliphatic rings. The van der Waals surface area contributed by atoms with E-state index in [4.69, 9.17) is 7.85 Å². The Morgan fingerprint density at radius 3 is 2.91 bits per heavy atom. The molecule has 0 aliphatic carbocycles. The molecule has 0 bridgehead atoms. The highest BCUT2D eigenvalue weighted by Gasteiger charge is 2.10. The zero-order valence-corrected chi connectivity index (χ0v) is 7.58. The fourth-order valence-corrected chi connectivity index (χ4v) is 1.98.